The second kappa shape index (κ2) is 7.79. The Kier molecular flexibility index (Phi) is 5.20. The van der Waals surface area contributed by atoms with Crippen LogP contribution in [-0.2, 0) is 11.2 Å². The Morgan fingerprint density at radius 1 is 1.17 bits per heavy atom. The van der Waals surface area contributed by atoms with Crippen molar-refractivity contribution >= 4 is 16.8 Å². The molecule has 150 valence electrons. The van der Waals surface area contributed by atoms with E-state index in [0.717, 1.165) is 16.5 Å². The first kappa shape index (κ1) is 19.3. The molecule has 0 aliphatic carbocycles. The Morgan fingerprint density at radius 2 is 1.97 bits per heavy atom. The summed E-state index contributed by atoms with van der Waals surface area (Å²) in [5, 5.41) is 0.912. The number of carbonyl (C=O) groups is 1. The molecule has 1 N–H and O–H groups in total. The quantitative estimate of drug-likeness (QED) is 0.744. The Bertz CT molecular complexity index is 1120. The van der Waals surface area contributed by atoms with Crippen LogP contribution in [-0.4, -0.2) is 47.4 Å². The number of pyridine rings is 1. The van der Waals surface area contributed by atoms with Crippen molar-refractivity contribution in [3.63, 3.8) is 0 Å². The number of amides is 1. The molecule has 1 fully saturated rings. The van der Waals surface area contributed by atoms with Crippen LogP contribution >= 0.6 is 0 Å². The van der Waals surface area contributed by atoms with Gasteiger partial charge in [-0.15, -0.1) is 0 Å². The van der Waals surface area contributed by atoms with Crippen molar-refractivity contribution in [3.05, 3.63) is 81.4 Å². The molecule has 0 saturated carbocycles. The molecule has 4 rings (SSSR count). The number of carbonyl (C=O) groups excluding carboxylic acids is 1. The van der Waals surface area contributed by atoms with Crippen LogP contribution in [0.2, 0.25) is 0 Å². The molecule has 0 radical (unpaired) electrons. The molecule has 2 heterocycles. The van der Waals surface area contributed by atoms with Gasteiger partial charge in [-0.1, -0.05) is 24.3 Å². The fraction of sp³-hybridized carbons (Fsp3) is 0.304. The molecular formula is C23H24FN3O2. The largest absolute Gasteiger partial charge is 0.339 e. The number of piperazine rings is 1. The van der Waals surface area contributed by atoms with E-state index in [-0.39, 0.29) is 29.7 Å². The van der Waals surface area contributed by atoms with E-state index in [1.807, 2.05) is 42.3 Å². The highest BCUT2D eigenvalue weighted by atomic mass is 19.1. The Hall–Kier alpha value is -2.99. The molecule has 0 bridgehead atoms. The van der Waals surface area contributed by atoms with Crippen LogP contribution in [0.3, 0.4) is 0 Å². The highest BCUT2D eigenvalue weighted by molar-refractivity contribution is 5.83. The Labute approximate surface area is 168 Å². The van der Waals surface area contributed by atoms with E-state index < -0.39 is 0 Å². The molecule has 29 heavy (non-hydrogen) atoms. The molecule has 3 aromatic rings. The maximum absolute atomic E-state index is 14.3. The van der Waals surface area contributed by atoms with E-state index in [1.165, 1.54) is 6.07 Å². The second-order valence-electron chi connectivity index (χ2n) is 7.74. The van der Waals surface area contributed by atoms with Gasteiger partial charge >= 0.3 is 0 Å². The average molecular weight is 393 g/mol. The number of fused-ring (bicyclic) bond motifs is 1. The van der Waals surface area contributed by atoms with E-state index in [0.29, 0.717) is 30.8 Å². The summed E-state index contributed by atoms with van der Waals surface area (Å²) in [4.78, 5) is 31.5. The normalized spacial score (nSPS) is 17.6. The zero-order chi connectivity index (χ0) is 20.5. The minimum absolute atomic E-state index is 0.0277. The Morgan fingerprint density at radius 3 is 2.76 bits per heavy atom. The van der Waals surface area contributed by atoms with Gasteiger partial charge < -0.3 is 9.88 Å². The van der Waals surface area contributed by atoms with Gasteiger partial charge in [0.25, 0.3) is 5.56 Å². The van der Waals surface area contributed by atoms with Gasteiger partial charge in [0.2, 0.25) is 5.91 Å². The maximum Gasteiger partial charge on any atom is 0.251 e. The molecule has 1 amide bonds. The number of nitrogens with zero attached hydrogens (tertiary/aromatic N) is 2. The number of nitrogens with one attached hydrogen (secondary N) is 1. The molecule has 2 aromatic carbocycles. The topological polar surface area (TPSA) is 56.4 Å². The number of H-pyrrole nitrogens is 1. The van der Waals surface area contributed by atoms with Crippen LogP contribution in [0, 0.1) is 12.7 Å². The number of halogens is 1. The summed E-state index contributed by atoms with van der Waals surface area (Å²) in [7, 11) is 1.96. The predicted molar refractivity (Wildman–Crippen MR) is 111 cm³/mol. The summed E-state index contributed by atoms with van der Waals surface area (Å²) >= 11 is 0. The first-order valence-electron chi connectivity index (χ1n) is 9.77. The molecule has 1 aliphatic rings. The molecule has 1 saturated heterocycles. The van der Waals surface area contributed by atoms with Gasteiger partial charge in [0, 0.05) is 36.3 Å². The number of hydrogen-bond acceptors (Lipinski definition) is 3. The molecule has 1 aromatic heterocycles. The van der Waals surface area contributed by atoms with E-state index in [9.17, 15) is 14.0 Å². The predicted octanol–water partition coefficient (Wildman–Crippen LogP) is 3.03. The third-order valence-electron chi connectivity index (χ3n) is 5.71. The van der Waals surface area contributed by atoms with Crippen LogP contribution in [0.15, 0.2) is 53.3 Å². The number of aromatic amines is 1. The van der Waals surface area contributed by atoms with Crippen LogP contribution in [0.5, 0.6) is 0 Å². The number of aryl methyl sites for hydroxylation is 1. The summed E-state index contributed by atoms with van der Waals surface area (Å²) in [6, 6.07) is 14.1. The van der Waals surface area contributed by atoms with E-state index >= 15 is 0 Å². The third kappa shape index (κ3) is 3.93. The van der Waals surface area contributed by atoms with Crippen molar-refractivity contribution in [3.8, 4) is 0 Å². The zero-order valence-corrected chi connectivity index (χ0v) is 16.6. The summed E-state index contributed by atoms with van der Waals surface area (Å²) < 4.78 is 14.3. The molecule has 0 spiro atoms. The minimum atomic E-state index is -0.238. The Balaban J connectivity index is 1.52. The van der Waals surface area contributed by atoms with Crippen molar-refractivity contribution < 1.29 is 9.18 Å². The summed E-state index contributed by atoms with van der Waals surface area (Å²) in [5.74, 6) is -0.211. The van der Waals surface area contributed by atoms with Gasteiger partial charge in [-0.3, -0.25) is 14.5 Å². The molecule has 1 unspecified atom stereocenters. The van der Waals surface area contributed by atoms with Crippen LogP contribution < -0.4 is 5.56 Å². The van der Waals surface area contributed by atoms with Gasteiger partial charge in [0.05, 0.1) is 12.5 Å². The SMILES string of the molecule is Cc1cc2cc(CC(=O)N3CCN(C)C(c4ccccc4F)C3)ccc2[nH]c1=O. The first-order valence-corrected chi connectivity index (χ1v) is 9.77. The van der Waals surface area contributed by atoms with Gasteiger partial charge in [0.15, 0.2) is 0 Å². The van der Waals surface area contributed by atoms with E-state index in [4.69, 9.17) is 0 Å². The second-order valence-corrected chi connectivity index (χ2v) is 7.74. The first-order chi connectivity index (χ1) is 13.9. The lowest BCUT2D eigenvalue weighted by molar-refractivity contribution is -0.133. The highest BCUT2D eigenvalue weighted by Gasteiger charge is 2.29. The van der Waals surface area contributed by atoms with Crippen molar-refractivity contribution in [2.24, 2.45) is 0 Å². The lowest BCUT2D eigenvalue weighted by atomic mass is 10.0. The fourth-order valence-corrected chi connectivity index (χ4v) is 3.94. The maximum atomic E-state index is 14.3. The number of benzene rings is 2. The monoisotopic (exact) mass is 393 g/mol. The molecule has 6 heteroatoms. The van der Waals surface area contributed by atoms with Crippen molar-refractivity contribution in [2.45, 2.75) is 19.4 Å². The number of likely N-dealkylation sites (N-methyl/N-ethyl adjacent to an activating group) is 1. The van der Waals surface area contributed by atoms with E-state index in [1.54, 1.807) is 19.1 Å². The number of rotatable bonds is 3. The summed E-state index contributed by atoms with van der Waals surface area (Å²) in [6.07, 6.45) is 0.280. The van der Waals surface area contributed by atoms with Crippen molar-refractivity contribution in [2.75, 3.05) is 26.7 Å². The van der Waals surface area contributed by atoms with Gasteiger partial charge in [-0.2, -0.15) is 0 Å². The standard InChI is InChI=1S/C23H24FN3O2/c1-15-11-17-12-16(7-8-20(17)25-23(15)29)13-22(28)27-10-9-26(2)21(14-27)18-5-3-4-6-19(18)24/h3-8,11-12,21H,9-10,13-14H2,1-2H3,(H,25,29). The number of hydrogen-bond donors (Lipinski definition) is 1. The van der Waals surface area contributed by atoms with Crippen molar-refractivity contribution in [1.29, 1.82) is 0 Å². The minimum Gasteiger partial charge on any atom is -0.339 e. The molecule has 1 atom stereocenters. The molecule has 5 nitrogen and oxygen atoms in total. The average Bonchev–Trinajstić information content (AvgIpc) is 2.70. The van der Waals surface area contributed by atoms with Gasteiger partial charge in [0.1, 0.15) is 5.82 Å². The van der Waals surface area contributed by atoms with Gasteiger partial charge in [-0.25, -0.2) is 4.39 Å². The lowest BCUT2D eigenvalue weighted by Crippen LogP contribution is -2.49. The number of aromatic nitrogens is 1. The fourth-order valence-electron chi connectivity index (χ4n) is 3.94. The van der Waals surface area contributed by atoms with E-state index in [2.05, 4.69) is 9.88 Å². The van der Waals surface area contributed by atoms with Gasteiger partial charge in [-0.05, 0) is 49.2 Å². The molecule has 1 aliphatic heterocycles. The third-order valence-corrected chi connectivity index (χ3v) is 5.71. The van der Waals surface area contributed by atoms with Crippen LogP contribution in [0.4, 0.5) is 4.39 Å². The summed E-state index contributed by atoms with van der Waals surface area (Å²) in [5.41, 5.74) is 2.83. The van der Waals surface area contributed by atoms with Crippen LogP contribution in [0.25, 0.3) is 10.9 Å². The highest BCUT2D eigenvalue weighted by Crippen LogP contribution is 2.26. The smallest absolute Gasteiger partial charge is 0.251 e. The zero-order valence-electron chi connectivity index (χ0n) is 16.6. The van der Waals surface area contributed by atoms with Crippen molar-refractivity contribution in [1.82, 2.24) is 14.8 Å². The molecular weight excluding hydrogens is 369 g/mol. The lowest BCUT2D eigenvalue weighted by Gasteiger charge is -2.40. The summed E-state index contributed by atoms with van der Waals surface area (Å²) in [6.45, 7) is 3.56. The van der Waals surface area contributed by atoms with Crippen LogP contribution in [0.1, 0.15) is 22.7 Å².